The van der Waals surface area contributed by atoms with E-state index in [-0.39, 0.29) is 18.2 Å². The van der Waals surface area contributed by atoms with Gasteiger partial charge in [-0.3, -0.25) is 9.59 Å². The summed E-state index contributed by atoms with van der Waals surface area (Å²) in [5.41, 5.74) is 1.86. The Morgan fingerprint density at radius 1 is 1.04 bits per heavy atom. The molecule has 0 aliphatic carbocycles. The number of benzene rings is 2. The molecule has 2 aromatic rings. The number of halogens is 1. The number of carbonyl (C=O) groups is 2. The lowest BCUT2D eigenvalue weighted by Crippen LogP contribution is -2.48. The van der Waals surface area contributed by atoms with Crippen LogP contribution in [0.4, 0.5) is 0 Å². The predicted molar refractivity (Wildman–Crippen MR) is 100 cm³/mol. The lowest BCUT2D eigenvalue weighted by atomic mass is 10.1. The first-order valence-corrected chi connectivity index (χ1v) is 8.74. The van der Waals surface area contributed by atoms with Gasteiger partial charge in [-0.15, -0.1) is 0 Å². The van der Waals surface area contributed by atoms with Crippen molar-refractivity contribution >= 4 is 23.4 Å². The molecule has 0 heterocycles. The Morgan fingerprint density at radius 3 is 2.28 bits per heavy atom. The number of nitrogens with one attached hydrogen (secondary N) is 1. The third-order valence-corrected chi connectivity index (χ3v) is 4.23. The lowest BCUT2D eigenvalue weighted by molar-refractivity contribution is -0.140. The van der Waals surface area contributed by atoms with Crippen LogP contribution in [0, 0.1) is 0 Å². The van der Waals surface area contributed by atoms with Crippen molar-refractivity contribution in [3.05, 3.63) is 70.7 Å². The Balaban J connectivity index is 2.18. The van der Waals surface area contributed by atoms with Crippen LogP contribution in [0.15, 0.2) is 54.6 Å². The Kier molecular flexibility index (Phi) is 7.02. The molecule has 5 heteroatoms. The summed E-state index contributed by atoms with van der Waals surface area (Å²) in [6, 6.07) is 16.3. The molecule has 1 atom stereocenters. The molecule has 2 rings (SSSR count). The van der Waals surface area contributed by atoms with Crippen LogP contribution in [-0.4, -0.2) is 29.3 Å². The highest BCUT2D eigenvalue weighted by molar-refractivity contribution is 6.30. The van der Waals surface area contributed by atoms with Crippen molar-refractivity contribution in [2.75, 3.05) is 6.54 Å². The molecule has 0 saturated heterocycles. The first kappa shape index (κ1) is 19.0. The highest BCUT2D eigenvalue weighted by atomic mass is 35.5. The van der Waals surface area contributed by atoms with Gasteiger partial charge in [0.1, 0.15) is 6.04 Å². The minimum atomic E-state index is -0.542. The lowest BCUT2D eigenvalue weighted by Gasteiger charge is -2.28. The van der Waals surface area contributed by atoms with E-state index in [0.29, 0.717) is 18.1 Å². The predicted octanol–water partition coefficient (Wildman–Crippen LogP) is 3.44. The maximum Gasteiger partial charge on any atom is 0.242 e. The van der Waals surface area contributed by atoms with E-state index >= 15 is 0 Å². The fraction of sp³-hybridized carbons (Fsp3) is 0.300. The maximum atomic E-state index is 12.9. The SMILES string of the molecule is CCNC(=O)[C@@H](C)N(Cc1ccccc1)C(=O)Cc1ccc(Cl)cc1. The van der Waals surface area contributed by atoms with E-state index in [9.17, 15) is 9.59 Å². The van der Waals surface area contributed by atoms with Crippen LogP contribution in [0.2, 0.25) is 5.02 Å². The Morgan fingerprint density at radius 2 is 1.68 bits per heavy atom. The molecule has 0 radical (unpaired) electrons. The molecule has 2 aromatic carbocycles. The normalized spacial score (nSPS) is 11.6. The zero-order valence-electron chi connectivity index (χ0n) is 14.5. The molecule has 4 nitrogen and oxygen atoms in total. The molecule has 25 heavy (non-hydrogen) atoms. The van der Waals surface area contributed by atoms with Crippen molar-refractivity contribution < 1.29 is 9.59 Å². The van der Waals surface area contributed by atoms with Crippen LogP contribution >= 0.6 is 11.6 Å². The molecule has 0 aromatic heterocycles. The van der Waals surface area contributed by atoms with Gasteiger partial charge < -0.3 is 10.2 Å². The molecule has 132 valence electrons. The van der Waals surface area contributed by atoms with Crippen molar-refractivity contribution in [3.63, 3.8) is 0 Å². The van der Waals surface area contributed by atoms with Crippen LogP contribution in [0.5, 0.6) is 0 Å². The minimum absolute atomic E-state index is 0.0927. The zero-order chi connectivity index (χ0) is 18.2. The molecule has 0 aliphatic rings. The largest absolute Gasteiger partial charge is 0.355 e. The van der Waals surface area contributed by atoms with Gasteiger partial charge in [-0.05, 0) is 37.1 Å². The van der Waals surface area contributed by atoms with Crippen molar-refractivity contribution in [2.24, 2.45) is 0 Å². The molecule has 0 saturated carbocycles. The molecule has 1 N–H and O–H groups in total. The summed E-state index contributed by atoms with van der Waals surface area (Å²) in [5.74, 6) is -0.243. The monoisotopic (exact) mass is 358 g/mol. The summed E-state index contributed by atoms with van der Waals surface area (Å²) in [6.45, 7) is 4.55. The number of likely N-dealkylation sites (N-methyl/N-ethyl adjacent to an activating group) is 1. The highest BCUT2D eigenvalue weighted by Gasteiger charge is 2.25. The van der Waals surface area contributed by atoms with E-state index in [1.807, 2.05) is 49.4 Å². The summed E-state index contributed by atoms with van der Waals surface area (Å²) in [7, 11) is 0. The van der Waals surface area contributed by atoms with Crippen LogP contribution in [0.25, 0.3) is 0 Å². The van der Waals surface area contributed by atoms with Crippen molar-refractivity contribution in [2.45, 2.75) is 32.9 Å². The van der Waals surface area contributed by atoms with Crippen molar-refractivity contribution in [3.8, 4) is 0 Å². The van der Waals surface area contributed by atoms with Gasteiger partial charge in [0.05, 0.1) is 6.42 Å². The van der Waals surface area contributed by atoms with Crippen LogP contribution < -0.4 is 5.32 Å². The number of hydrogen-bond donors (Lipinski definition) is 1. The van der Waals surface area contributed by atoms with Crippen LogP contribution in [0.3, 0.4) is 0 Å². The molecular formula is C20H23ClN2O2. The average molecular weight is 359 g/mol. The van der Waals surface area contributed by atoms with Crippen molar-refractivity contribution in [1.29, 1.82) is 0 Å². The van der Waals surface area contributed by atoms with Gasteiger partial charge >= 0.3 is 0 Å². The van der Waals surface area contributed by atoms with Gasteiger partial charge in [-0.25, -0.2) is 0 Å². The Bertz CT molecular complexity index is 701. The highest BCUT2D eigenvalue weighted by Crippen LogP contribution is 2.14. The quantitative estimate of drug-likeness (QED) is 0.824. The number of nitrogens with zero attached hydrogens (tertiary/aromatic N) is 1. The standard InChI is InChI=1S/C20H23ClN2O2/c1-3-22-20(25)15(2)23(14-17-7-5-4-6-8-17)19(24)13-16-9-11-18(21)12-10-16/h4-12,15H,3,13-14H2,1-2H3,(H,22,25)/t15-/m1/s1. The van der Waals surface area contributed by atoms with E-state index in [0.717, 1.165) is 11.1 Å². The van der Waals surface area contributed by atoms with E-state index in [1.165, 1.54) is 0 Å². The molecular weight excluding hydrogens is 336 g/mol. The van der Waals surface area contributed by atoms with Gasteiger partial charge in [0.2, 0.25) is 11.8 Å². The number of hydrogen-bond acceptors (Lipinski definition) is 2. The van der Waals surface area contributed by atoms with E-state index in [2.05, 4.69) is 5.32 Å². The average Bonchev–Trinajstić information content (AvgIpc) is 2.62. The van der Waals surface area contributed by atoms with Gasteiger partial charge in [-0.1, -0.05) is 54.1 Å². The van der Waals surface area contributed by atoms with Gasteiger partial charge in [0.15, 0.2) is 0 Å². The Hall–Kier alpha value is -2.33. The zero-order valence-corrected chi connectivity index (χ0v) is 15.3. The molecule has 0 unspecified atom stereocenters. The number of carbonyl (C=O) groups excluding carboxylic acids is 2. The third kappa shape index (κ3) is 5.61. The second-order valence-corrected chi connectivity index (χ2v) is 6.32. The fourth-order valence-electron chi connectivity index (χ4n) is 2.56. The van der Waals surface area contributed by atoms with Gasteiger partial charge in [0.25, 0.3) is 0 Å². The summed E-state index contributed by atoms with van der Waals surface area (Å²) >= 11 is 5.90. The molecule has 0 bridgehead atoms. The van der Waals surface area contributed by atoms with Crippen LogP contribution in [-0.2, 0) is 22.6 Å². The first-order valence-electron chi connectivity index (χ1n) is 8.36. The minimum Gasteiger partial charge on any atom is -0.355 e. The van der Waals surface area contributed by atoms with Crippen molar-refractivity contribution in [1.82, 2.24) is 10.2 Å². The summed E-state index contributed by atoms with van der Waals surface area (Å²) in [6.07, 6.45) is 0.230. The Labute approximate surface area is 153 Å². The van der Waals surface area contributed by atoms with E-state index in [4.69, 9.17) is 11.6 Å². The van der Waals surface area contributed by atoms with E-state index < -0.39 is 6.04 Å². The summed E-state index contributed by atoms with van der Waals surface area (Å²) in [5, 5.41) is 3.42. The summed E-state index contributed by atoms with van der Waals surface area (Å²) in [4.78, 5) is 26.7. The fourth-order valence-corrected chi connectivity index (χ4v) is 2.69. The van der Waals surface area contributed by atoms with Gasteiger partial charge in [0, 0.05) is 18.1 Å². The van der Waals surface area contributed by atoms with Crippen LogP contribution in [0.1, 0.15) is 25.0 Å². The second-order valence-electron chi connectivity index (χ2n) is 5.88. The molecule has 2 amide bonds. The maximum absolute atomic E-state index is 12.9. The topological polar surface area (TPSA) is 49.4 Å². The number of rotatable bonds is 7. The smallest absolute Gasteiger partial charge is 0.242 e. The third-order valence-electron chi connectivity index (χ3n) is 3.98. The molecule has 0 fully saturated rings. The summed E-state index contributed by atoms with van der Waals surface area (Å²) < 4.78 is 0. The van der Waals surface area contributed by atoms with E-state index in [1.54, 1.807) is 24.0 Å². The first-order chi connectivity index (χ1) is 12.0. The second kappa shape index (κ2) is 9.23. The number of amides is 2. The molecule has 0 aliphatic heterocycles. The van der Waals surface area contributed by atoms with Gasteiger partial charge in [-0.2, -0.15) is 0 Å². The molecule has 0 spiro atoms.